The van der Waals surface area contributed by atoms with Gasteiger partial charge in [-0.15, -0.1) is 0 Å². The van der Waals surface area contributed by atoms with E-state index in [1.54, 1.807) is 0 Å². The Kier molecular flexibility index (Phi) is 4.05. The maximum atomic E-state index is 13.3. The first kappa shape index (κ1) is 14.1. The highest BCUT2D eigenvalue weighted by atomic mass is 19.3. The van der Waals surface area contributed by atoms with Crippen LogP contribution in [0.15, 0.2) is 18.2 Å². The lowest BCUT2D eigenvalue weighted by Crippen LogP contribution is -2.39. The lowest BCUT2D eigenvalue weighted by Gasteiger charge is -2.13. The van der Waals surface area contributed by atoms with Crippen LogP contribution in [0, 0.1) is 11.6 Å². The molecule has 98 valence electrons. The Morgan fingerprint density at radius 2 is 1.83 bits per heavy atom. The summed E-state index contributed by atoms with van der Waals surface area (Å²) in [5.74, 6) is -11.1. The van der Waals surface area contributed by atoms with E-state index >= 15 is 0 Å². The summed E-state index contributed by atoms with van der Waals surface area (Å²) in [7, 11) is 0. The highest BCUT2D eigenvalue weighted by molar-refractivity contribution is 6.13. The number of alkyl halides is 2. The van der Waals surface area contributed by atoms with Crippen LogP contribution in [0.25, 0.3) is 0 Å². The third kappa shape index (κ3) is 2.66. The molecule has 0 unspecified atom stereocenters. The van der Waals surface area contributed by atoms with Gasteiger partial charge in [0.25, 0.3) is 0 Å². The zero-order valence-electron chi connectivity index (χ0n) is 9.18. The van der Waals surface area contributed by atoms with Crippen LogP contribution in [-0.4, -0.2) is 24.3 Å². The van der Waals surface area contributed by atoms with E-state index in [2.05, 4.69) is 4.74 Å². The van der Waals surface area contributed by atoms with Crippen LogP contribution in [0.2, 0.25) is 0 Å². The minimum atomic E-state index is -4.43. The lowest BCUT2D eigenvalue weighted by atomic mass is 10.1. The zero-order valence-corrected chi connectivity index (χ0v) is 9.18. The van der Waals surface area contributed by atoms with Crippen molar-refractivity contribution >= 4 is 11.8 Å². The van der Waals surface area contributed by atoms with Crippen LogP contribution in [0.5, 0.6) is 0 Å². The molecule has 0 atom stereocenters. The van der Waals surface area contributed by atoms with E-state index in [9.17, 15) is 27.2 Å². The molecular weight excluding hydrogens is 256 g/mol. The molecule has 0 heterocycles. The number of hydrogen-bond acceptors (Lipinski definition) is 3. The van der Waals surface area contributed by atoms with Crippen LogP contribution in [-0.2, 0) is 9.53 Å². The average molecular weight is 264 g/mol. The number of halogens is 4. The van der Waals surface area contributed by atoms with Gasteiger partial charge in [0.1, 0.15) is 0 Å². The monoisotopic (exact) mass is 264 g/mol. The lowest BCUT2D eigenvalue weighted by molar-refractivity contribution is -0.164. The minimum Gasteiger partial charge on any atom is -0.461 e. The number of rotatable bonds is 4. The van der Waals surface area contributed by atoms with Crippen LogP contribution >= 0.6 is 0 Å². The molecule has 0 bridgehead atoms. The quantitative estimate of drug-likeness (QED) is 0.363. The highest BCUT2D eigenvalue weighted by Crippen LogP contribution is 2.23. The van der Waals surface area contributed by atoms with Crippen LogP contribution in [0.4, 0.5) is 17.6 Å². The van der Waals surface area contributed by atoms with Gasteiger partial charge >= 0.3 is 11.9 Å². The molecule has 1 rings (SSSR count). The Labute approximate surface area is 99.4 Å². The molecule has 3 nitrogen and oxygen atoms in total. The smallest absolute Gasteiger partial charge is 0.404 e. The number of esters is 1. The molecule has 0 aliphatic heterocycles. The molecule has 0 aliphatic carbocycles. The maximum Gasteiger partial charge on any atom is 0.404 e. The molecule has 0 aromatic heterocycles. The van der Waals surface area contributed by atoms with Gasteiger partial charge in [-0.05, 0) is 25.1 Å². The van der Waals surface area contributed by atoms with Gasteiger partial charge in [0.05, 0.1) is 6.61 Å². The Morgan fingerprint density at radius 3 is 2.33 bits per heavy atom. The Bertz CT molecular complexity index is 485. The fourth-order valence-corrected chi connectivity index (χ4v) is 1.13. The number of carbonyl (C=O) groups is 2. The molecule has 0 saturated carbocycles. The summed E-state index contributed by atoms with van der Waals surface area (Å²) in [6.45, 7) is 0.954. The topological polar surface area (TPSA) is 43.4 Å². The van der Waals surface area contributed by atoms with Gasteiger partial charge in [-0.1, -0.05) is 0 Å². The highest BCUT2D eigenvalue weighted by Gasteiger charge is 2.49. The Hall–Kier alpha value is -1.92. The van der Waals surface area contributed by atoms with Gasteiger partial charge in [0, 0.05) is 5.56 Å². The summed E-state index contributed by atoms with van der Waals surface area (Å²) < 4.78 is 55.9. The van der Waals surface area contributed by atoms with E-state index < -0.39 is 34.9 Å². The molecule has 18 heavy (non-hydrogen) atoms. The maximum absolute atomic E-state index is 13.3. The first-order valence-corrected chi connectivity index (χ1v) is 4.85. The molecule has 0 aliphatic rings. The summed E-state index contributed by atoms with van der Waals surface area (Å²) in [5.41, 5.74) is -0.813. The third-order valence-corrected chi connectivity index (χ3v) is 2.00. The van der Waals surface area contributed by atoms with Gasteiger partial charge in [-0.25, -0.2) is 13.6 Å². The predicted molar refractivity (Wildman–Crippen MR) is 52.3 cm³/mol. The van der Waals surface area contributed by atoms with Crippen molar-refractivity contribution in [2.45, 2.75) is 12.8 Å². The van der Waals surface area contributed by atoms with Crippen molar-refractivity contribution in [2.75, 3.05) is 6.61 Å². The van der Waals surface area contributed by atoms with Crippen LogP contribution in [0.1, 0.15) is 17.3 Å². The van der Waals surface area contributed by atoms with Crippen molar-refractivity contribution in [2.24, 2.45) is 0 Å². The van der Waals surface area contributed by atoms with E-state index in [-0.39, 0.29) is 6.61 Å². The summed E-state index contributed by atoms with van der Waals surface area (Å²) >= 11 is 0. The fourth-order valence-electron chi connectivity index (χ4n) is 1.13. The first-order chi connectivity index (χ1) is 8.30. The van der Waals surface area contributed by atoms with Gasteiger partial charge in [0.2, 0.25) is 5.78 Å². The minimum absolute atomic E-state index is 0.296. The molecule has 1 aromatic carbocycles. The third-order valence-electron chi connectivity index (χ3n) is 2.00. The van der Waals surface area contributed by atoms with Crippen molar-refractivity contribution in [3.63, 3.8) is 0 Å². The number of hydrogen-bond donors (Lipinski definition) is 0. The predicted octanol–water partition coefficient (Wildman–Crippen LogP) is 2.35. The van der Waals surface area contributed by atoms with Crippen molar-refractivity contribution in [3.05, 3.63) is 35.4 Å². The number of carbonyl (C=O) groups excluding carboxylic acids is 2. The SMILES string of the molecule is CCOC(=O)C(F)(F)C(=O)c1ccc(F)c(F)c1. The molecule has 0 radical (unpaired) electrons. The van der Waals surface area contributed by atoms with Crippen molar-refractivity contribution < 1.29 is 31.9 Å². The molecule has 0 amide bonds. The molecule has 0 N–H and O–H groups in total. The molecular formula is C11H8F4O3. The standard InChI is InChI=1S/C11H8F4O3/c1-2-18-10(17)11(14,15)9(16)6-3-4-7(12)8(13)5-6/h3-5H,2H2,1H3. The average Bonchev–Trinajstić information content (AvgIpc) is 2.32. The van der Waals surface area contributed by atoms with E-state index in [4.69, 9.17) is 0 Å². The van der Waals surface area contributed by atoms with Gasteiger partial charge in [-0.3, -0.25) is 4.79 Å². The van der Waals surface area contributed by atoms with Gasteiger partial charge in [0.15, 0.2) is 11.6 Å². The summed E-state index contributed by atoms with van der Waals surface area (Å²) in [5, 5.41) is 0. The molecule has 1 aromatic rings. The van der Waals surface area contributed by atoms with Gasteiger partial charge in [-0.2, -0.15) is 8.78 Å². The Morgan fingerprint density at radius 1 is 1.22 bits per heavy atom. The second-order valence-corrected chi connectivity index (χ2v) is 3.25. The van der Waals surface area contributed by atoms with E-state index in [0.717, 1.165) is 0 Å². The molecule has 7 heteroatoms. The zero-order chi connectivity index (χ0) is 13.9. The number of ether oxygens (including phenoxy) is 1. The largest absolute Gasteiger partial charge is 0.461 e. The van der Waals surface area contributed by atoms with Gasteiger partial charge < -0.3 is 4.74 Å². The molecule has 0 spiro atoms. The van der Waals surface area contributed by atoms with Crippen LogP contribution < -0.4 is 0 Å². The summed E-state index contributed by atoms with van der Waals surface area (Å²) in [6.07, 6.45) is 0. The van der Waals surface area contributed by atoms with E-state index in [0.29, 0.717) is 18.2 Å². The fraction of sp³-hybridized carbons (Fsp3) is 0.273. The normalized spacial score (nSPS) is 11.2. The second kappa shape index (κ2) is 5.16. The van der Waals surface area contributed by atoms with E-state index in [1.807, 2.05) is 0 Å². The Balaban J connectivity index is 3.05. The van der Waals surface area contributed by atoms with Crippen molar-refractivity contribution in [3.8, 4) is 0 Å². The van der Waals surface area contributed by atoms with Crippen molar-refractivity contribution in [1.82, 2.24) is 0 Å². The summed E-state index contributed by atoms with van der Waals surface area (Å²) in [4.78, 5) is 22.2. The van der Waals surface area contributed by atoms with Crippen LogP contribution in [0.3, 0.4) is 0 Å². The number of ketones is 1. The first-order valence-electron chi connectivity index (χ1n) is 4.85. The molecule has 0 saturated heterocycles. The van der Waals surface area contributed by atoms with E-state index in [1.165, 1.54) is 6.92 Å². The molecule has 0 fully saturated rings. The second-order valence-electron chi connectivity index (χ2n) is 3.25. The van der Waals surface area contributed by atoms with Crippen molar-refractivity contribution in [1.29, 1.82) is 0 Å². The summed E-state index contributed by atoms with van der Waals surface area (Å²) in [6, 6.07) is 1.47. The number of Topliss-reactive ketones (excluding diaryl/α,β-unsaturated/α-hetero) is 1. The number of benzene rings is 1.